The molecule has 1 heterocycles. The monoisotopic (exact) mass is 251 g/mol. The van der Waals surface area contributed by atoms with Crippen LogP contribution < -0.4 is 0 Å². The van der Waals surface area contributed by atoms with Gasteiger partial charge in [0, 0.05) is 16.8 Å². The first-order valence-corrected chi connectivity index (χ1v) is 5.72. The van der Waals surface area contributed by atoms with Gasteiger partial charge in [0.15, 0.2) is 0 Å². The maximum absolute atomic E-state index is 6.14. The molecule has 0 N–H and O–H groups in total. The first kappa shape index (κ1) is 11.4. The fourth-order valence-electron chi connectivity index (χ4n) is 1.68. The molecule has 0 aliphatic rings. The molecule has 2 aromatic rings. The molecule has 16 heavy (non-hydrogen) atoms. The fraction of sp³-hybridized carbons (Fsp3) is 0.154. The summed E-state index contributed by atoms with van der Waals surface area (Å²) >= 11 is 12.1. The summed E-state index contributed by atoms with van der Waals surface area (Å²) in [7, 11) is 0. The van der Waals surface area contributed by atoms with Crippen LogP contribution in [-0.2, 0) is 0 Å². The molecule has 0 fully saturated rings. The zero-order valence-corrected chi connectivity index (χ0v) is 10.6. The largest absolute Gasteiger partial charge is 0.256 e. The van der Waals surface area contributed by atoms with Gasteiger partial charge in [-0.3, -0.25) is 4.98 Å². The number of rotatable bonds is 1. The van der Waals surface area contributed by atoms with Crippen molar-refractivity contribution in [1.29, 1.82) is 0 Å². The van der Waals surface area contributed by atoms with E-state index in [-0.39, 0.29) is 0 Å². The first-order chi connectivity index (χ1) is 7.58. The third-order valence-electron chi connectivity index (χ3n) is 2.40. The van der Waals surface area contributed by atoms with E-state index in [4.69, 9.17) is 23.2 Å². The van der Waals surface area contributed by atoms with Crippen molar-refractivity contribution in [2.24, 2.45) is 0 Å². The second-order valence-corrected chi connectivity index (χ2v) is 4.65. The van der Waals surface area contributed by atoms with Crippen molar-refractivity contribution < 1.29 is 0 Å². The highest BCUT2D eigenvalue weighted by Crippen LogP contribution is 2.31. The number of aryl methyl sites for hydroxylation is 2. The predicted molar refractivity (Wildman–Crippen MR) is 69.2 cm³/mol. The van der Waals surface area contributed by atoms with E-state index in [0.29, 0.717) is 10.0 Å². The lowest BCUT2D eigenvalue weighted by Gasteiger charge is -2.08. The molecule has 82 valence electrons. The van der Waals surface area contributed by atoms with Crippen LogP contribution in [0.1, 0.15) is 11.1 Å². The topological polar surface area (TPSA) is 12.9 Å². The molecule has 1 nitrogen and oxygen atoms in total. The molecular formula is C13H11Cl2N. The number of aromatic nitrogens is 1. The van der Waals surface area contributed by atoms with Gasteiger partial charge < -0.3 is 0 Å². The summed E-state index contributed by atoms with van der Waals surface area (Å²) in [4.78, 5) is 4.41. The van der Waals surface area contributed by atoms with Crippen LogP contribution >= 0.6 is 23.2 Å². The number of halogens is 2. The van der Waals surface area contributed by atoms with Gasteiger partial charge in [-0.25, -0.2) is 0 Å². The van der Waals surface area contributed by atoms with Crippen LogP contribution in [0, 0.1) is 13.8 Å². The Labute approximate surface area is 105 Å². The molecule has 3 heteroatoms. The summed E-state index contributed by atoms with van der Waals surface area (Å²) in [6.45, 7) is 4.04. The second kappa shape index (κ2) is 4.44. The van der Waals surface area contributed by atoms with Crippen molar-refractivity contribution in [3.8, 4) is 11.3 Å². The molecule has 0 atom stereocenters. The number of hydrogen-bond acceptors (Lipinski definition) is 1. The first-order valence-electron chi connectivity index (χ1n) is 4.96. The summed E-state index contributed by atoms with van der Waals surface area (Å²) in [6, 6.07) is 7.49. The summed E-state index contributed by atoms with van der Waals surface area (Å²) in [5.74, 6) is 0. The van der Waals surface area contributed by atoms with Crippen molar-refractivity contribution in [3.05, 3.63) is 51.6 Å². The Hall–Kier alpha value is -1.05. The standard InChI is InChI=1S/C13H11Cl2N/c1-8-5-9(2)13(16-7-8)11-6-10(14)3-4-12(11)15/h3-7H,1-2H3. The van der Waals surface area contributed by atoms with Crippen LogP contribution in [0.25, 0.3) is 11.3 Å². The van der Waals surface area contributed by atoms with Gasteiger partial charge in [-0.15, -0.1) is 0 Å². The molecule has 0 saturated heterocycles. The Kier molecular flexibility index (Phi) is 3.17. The molecule has 0 unspecified atom stereocenters. The Bertz CT molecular complexity index is 535. The molecule has 1 aromatic heterocycles. The molecule has 0 saturated carbocycles. The predicted octanol–water partition coefficient (Wildman–Crippen LogP) is 4.67. The second-order valence-electron chi connectivity index (χ2n) is 3.80. The lowest BCUT2D eigenvalue weighted by atomic mass is 10.1. The summed E-state index contributed by atoms with van der Waals surface area (Å²) in [5.41, 5.74) is 4.01. The highest BCUT2D eigenvalue weighted by Gasteiger charge is 2.08. The third-order valence-corrected chi connectivity index (χ3v) is 2.96. The summed E-state index contributed by atoms with van der Waals surface area (Å²) in [6.07, 6.45) is 1.83. The average Bonchev–Trinajstić information content (AvgIpc) is 2.22. The van der Waals surface area contributed by atoms with Crippen molar-refractivity contribution in [2.75, 3.05) is 0 Å². The van der Waals surface area contributed by atoms with Gasteiger partial charge in [-0.05, 0) is 43.2 Å². The van der Waals surface area contributed by atoms with Gasteiger partial charge in [0.25, 0.3) is 0 Å². The van der Waals surface area contributed by atoms with E-state index in [9.17, 15) is 0 Å². The van der Waals surface area contributed by atoms with E-state index in [1.165, 1.54) is 0 Å². The smallest absolute Gasteiger partial charge is 0.0746 e. The highest BCUT2D eigenvalue weighted by atomic mass is 35.5. The molecule has 0 amide bonds. The number of nitrogens with zero attached hydrogens (tertiary/aromatic N) is 1. The van der Waals surface area contributed by atoms with Gasteiger partial charge in [0.05, 0.1) is 10.7 Å². The minimum atomic E-state index is 0.668. The number of benzene rings is 1. The maximum Gasteiger partial charge on any atom is 0.0746 e. The van der Waals surface area contributed by atoms with E-state index < -0.39 is 0 Å². The molecule has 1 aromatic carbocycles. The third kappa shape index (κ3) is 2.21. The lowest BCUT2D eigenvalue weighted by Crippen LogP contribution is -1.90. The molecule has 2 rings (SSSR count). The van der Waals surface area contributed by atoms with Gasteiger partial charge >= 0.3 is 0 Å². The molecular weight excluding hydrogens is 241 g/mol. The van der Waals surface area contributed by atoms with Gasteiger partial charge in [0.1, 0.15) is 0 Å². The van der Waals surface area contributed by atoms with E-state index in [2.05, 4.69) is 11.1 Å². The molecule has 0 radical (unpaired) electrons. The van der Waals surface area contributed by atoms with Crippen molar-refractivity contribution >= 4 is 23.2 Å². The number of hydrogen-bond donors (Lipinski definition) is 0. The van der Waals surface area contributed by atoms with Crippen LogP contribution in [0.2, 0.25) is 10.0 Å². The van der Waals surface area contributed by atoms with E-state index in [0.717, 1.165) is 22.4 Å². The summed E-state index contributed by atoms with van der Waals surface area (Å²) in [5, 5.41) is 1.34. The SMILES string of the molecule is Cc1cnc(-c2cc(Cl)ccc2Cl)c(C)c1. The van der Waals surface area contributed by atoms with Crippen LogP contribution in [0.15, 0.2) is 30.5 Å². The van der Waals surface area contributed by atoms with Crippen molar-refractivity contribution in [2.45, 2.75) is 13.8 Å². The van der Waals surface area contributed by atoms with E-state index >= 15 is 0 Å². The fourth-order valence-corrected chi connectivity index (χ4v) is 2.06. The van der Waals surface area contributed by atoms with Crippen LogP contribution in [0.5, 0.6) is 0 Å². The van der Waals surface area contributed by atoms with Crippen LogP contribution in [0.3, 0.4) is 0 Å². The van der Waals surface area contributed by atoms with E-state index in [1.807, 2.05) is 26.1 Å². The summed E-state index contributed by atoms with van der Waals surface area (Å²) < 4.78 is 0. The zero-order valence-electron chi connectivity index (χ0n) is 9.09. The van der Waals surface area contributed by atoms with Gasteiger partial charge in [-0.1, -0.05) is 29.3 Å². The zero-order chi connectivity index (χ0) is 11.7. The van der Waals surface area contributed by atoms with Crippen molar-refractivity contribution in [1.82, 2.24) is 4.98 Å². The Morgan fingerprint density at radius 2 is 1.81 bits per heavy atom. The maximum atomic E-state index is 6.14. The van der Waals surface area contributed by atoms with Crippen molar-refractivity contribution in [3.63, 3.8) is 0 Å². The highest BCUT2D eigenvalue weighted by molar-refractivity contribution is 6.35. The van der Waals surface area contributed by atoms with Gasteiger partial charge in [-0.2, -0.15) is 0 Å². The minimum Gasteiger partial charge on any atom is -0.256 e. The Morgan fingerprint density at radius 1 is 1.06 bits per heavy atom. The Balaban J connectivity index is 2.62. The minimum absolute atomic E-state index is 0.668. The quantitative estimate of drug-likeness (QED) is 0.718. The van der Waals surface area contributed by atoms with Gasteiger partial charge in [0.2, 0.25) is 0 Å². The Morgan fingerprint density at radius 3 is 2.50 bits per heavy atom. The van der Waals surface area contributed by atoms with Crippen LogP contribution in [0.4, 0.5) is 0 Å². The van der Waals surface area contributed by atoms with E-state index in [1.54, 1.807) is 12.1 Å². The molecule has 0 aliphatic heterocycles. The lowest BCUT2D eigenvalue weighted by molar-refractivity contribution is 1.22. The normalized spacial score (nSPS) is 10.5. The molecule has 0 bridgehead atoms. The van der Waals surface area contributed by atoms with Crippen LogP contribution in [-0.4, -0.2) is 4.98 Å². The number of pyridine rings is 1. The molecule has 0 spiro atoms. The molecule has 0 aliphatic carbocycles. The average molecular weight is 252 g/mol.